The number of hydrogen-bond donors (Lipinski definition) is 0. The Morgan fingerprint density at radius 3 is 2.86 bits per heavy atom. The molecule has 2 aromatic rings. The molecule has 0 aliphatic rings. The van der Waals surface area contributed by atoms with Crippen molar-refractivity contribution in [1.29, 1.82) is 0 Å². The molecule has 3 heteroatoms. The lowest BCUT2D eigenvalue weighted by Crippen LogP contribution is -1.81. The van der Waals surface area contributed by atoms with E-state index in [9.17, 15) is 0 Å². The molecular weight excluding hydrogens is 232 g/mol. The molecule has 0 aliphatic heterocycles. The fraction of sp³-hybridized carbons (Fsp3) is 0.273. The number of thioether (sulfide) groups is 1. The van der Waals surface area contributed by atoms with Gasteiger partial charge in [-0.15, -0.1) is 34.7 Å². The number of fused-ring (bicyclic) bond motifs is 1. The monoisotopic (exact) mass is 242 g/mol. The minimum Gasteiger partial charge on any atom is -0.142 e. The third kappa shape index (κ3) is 1.67. The predicted molar refractivity (Wildman–Crippen MR) is 67.9 cm³/mol. The Morgan fingerprint density at radius 2 is 2.21 bits per heavy atom. The van der Waals surface area contributed by atoms with Crippen LogP contribution in [0.1, 0.15) is 11.1 Å². The van der Waals surface area contributed by atoms with Gasteiger partial charge in [-0.3, -0.25) is 0 Å². The van der Waals surface area contributed by atoms with Crippen molar-refractivity contribution in [1.82, 2.24) is 0 Å². The molecule has 14 heavy (non-hydrogen) atoms. The molecule has 1 heterocycles. The Labute approximate surface area is 97.3 Å². The summed E-state index contributed by atoms with van der Waals surface area (Å²) in [6.07, 6.45) is 2.12. The number of hydrogen-bond acceptors (Lipinski definition) is 2. The van der Waals surface area contributed by atoms with Crippen molar-refractivity contribution in [2.45, 2.75) is 17.7 Å². The second kappa shape index (κ2) is 4.13. The molecule has 0 amide bonds. The minimum absolute atomic E-state index is 0.598. The van der Waals surface area contributed by atoms with Crippen molar-refractivity contribution < 1.29 is 0 Å². The molecule has 0 aliphatic carbocycles. The molecule has 0 unspecified atom stereocenters. The van der Waals surface area contributed by atoms with E-state index in [0.717, 1.165) is 0 Å². The normalized spacial score (nSPS) is 11.1. The molecule has 0 spiro atoms. The molecule has 0 saturated carbocycles. The number of aryl methyl sites for hydroxylation is 1. The summed E-state index contributed by atoms with van der Waals surface area (Å²) in [6, 6.07) is 4.38. The molecule has 0 nitrogen and oxygen atoms in total. The van der Waals surface area contributed by atoms with Crippen LogP contribution in [-0.2, 0) is 5.88 Å². The first-order valence-corrected chi connectivity index (χ1v) is 7.01. The molecule has 0 bridgehead atoms. The third-order valence-corrected chi connectivity index (χ3v) is 4.62. The van der Waals surface area contributed by atoms with E-state index in [1.807, 2.05) is 11.3 Å². The van der Waals surface area contributed by atoms with E-state index >= 15 is 0 Å². The summed E-state index contributed by atoms with van der Waals surface area (Å²) in [5, 5.41) is 3.58. The lowest BCUT2D eigenvalue weighted by atomic mass is 10.1. The fourth-order valence-corrected chi connectivity index (χ4v) is 3.62. The van der Waals surface area contributed by atoms with E-state index in [0.29, 0.717) is 5.88 Å². The maximum absolute atomic E-state index is 5.86. The summed E-state index contributed by atoms with van der Waals surface area (Å²) in [6.45, 7) is 2.15. The van der Waals surface area contributed by atoms with Crippen molar-refractivity contribution in [3.05, 3.63) is 28.6 Å². The van der Waals surface area contributed by atoms with Crippen LogP contribution in [0.4, 0.5) is 0 Å². The summed E-state index contributed by atoms with van der Waals surface area (Å²) in [5.74, 6) is 0.598. The SMILES string of the molecule is CSc1csc2c(C)cc(CCl)cc12. The minimum atomic E-state index is 0.598. The number of alkyl halides is 1. The van der Waals surface area contributed by atoms with E-state index in [1.54, 1.807) is 11.8 Å². The van der Waals surface area contributed by atoms with Crippen LogP contribution in [0.15, 0.2) is 22.4 Å². The van der Waals surface area contributed by atoms with E-state index in [4.69, 9.17) is 11.6 Å². The van der Waals surface area contributed by atoms with Gasteiger partial charge in [-0.25, -0.2) is 0 Å². The highest BCUT2D eigenvalue weighted by molar-refractivity contribution is 7.99. The smallest absolute Gasteiger partial charge is 0.0474 e. The van der Waals surface area contributed by atoms with Crippen LogP contribution >= 0.6 is 34.7 Å². The van der Waals surface area contributed by atoms with Crippen LogP contribution in [-0.4, -0.2) is 6.26 Å². The summed E-state index contributed by atoms with van der Waals surface area (Å²) in [7, 11) is 0. The van der Waals surface area contributed by atoms with Crippen molar-refractivity contribution >= 4 is 44.8 Å². The Hall–Kier alpha value is -0.180. The van der Waals surface area contributed by atoms with Gasteiger partial charge in [0.25, 0.3) is 0 Å². The van der Waals surface area contributed by atoms with Gasteiger partial charge >= 0.3 is 0 Å². The first-order chi connectivity index (χ1) is 6.76. The molecular formula is C11H11ClS2. The second-order valence-electron chi connectivity index (χ2n) is 3.23. The van der Waals surface area contributed by atoms with Crippen LogP contribution in [0.3, 0.4) is 0 Å². The quantitative estimate of drug-likeness (QED) is 0.545. The van der Waals surface area contributed by atoms with E-state index in [1.165, 1.54) is 26.1 Å². The van der Waals surface area contributed by atoms with Gasteiger partial charge in [0.15, 0.2) is 0 Å². The third-order valence-electron chi connectivity index (χ3n) is 2.26. The summed E-state index contributed by atoms with van der Waals surface area (Å²) in [4.78, 5) is 1.36. The van der Waals surface area contributed by atoms with Crippen LogP contribution < -0.4 is 0 Å². The lowest BCUT2D eigenvalue weighted by molar-refractivity contribution is 1.38. The van der Waals surface area contributed by atoms with Gasteiger partial charge in [-0.1, -0.05) is 6.07 Å². The summed E-state index contributed by atoms with van der Waals surface area (Å²) in [5.41, 5.74) is 2.55. The van der Waals surface area contributed by atoms with Gasteiger partial charge in [0.1, 0.15) is 0 Å². The second-order valence-corrected chi connectivity index (χ2v) is 5.22. The number of thiophene rings is 1. The van der Waals surface area contributed by atoms with E-state index < -0.39 is 0 Å². The van der Waals surface area contributed by atoms with E-state index in [-0.39, 0.29) is 0 Å². The maximum atomic E-state index is 5.86. The molecule has 2 rings (SSSR count). The standard InChI is InChI=1S/C11H11ClS2/c1-7-3-8(5-12)4-9-10(13-2)6-14-11(7)9/h3-4,6H,5H2,1-2H3. The highest BCUT2D eigenvalue weighted by Gasteiger charge is 2.06. The predicted octanol–water partition coefficient (Wildman–Crippen LogP) is 4.67. The Kier molecular flexibility index (Phi) is 3.05. The Balaban J connectivity index is 2.73. The number of rotatable bonds is 2. The summed E-state index contributed by atoms with van der Waals surface area (Å²) >= 11 is 9.48. The Bertz CT molecular complexity index is 460. The molecule has 1 aromatic carbocycles. The van der Waals surface area contributed by atoms with E-state index in [2.05, 4.69) is 30.7 Å². The van der Waals surface area contributed by atoms with Gasteiger partial charge in [-0.2, -0.15) is 0 Å². The molecule has 74 valence electrons. The first kappa shape index (κ1) is 10.3. The number of halogens is 1. The Morgan fingerprint density at radius 1 is 1.43 bits per heavy atom. The van der Waals surface area contributed by atoms with Crippen molar-refractivity contribution in [3.8, 4) is 0 Å². The zero-order valence-electron chi connectivity index (χ0n) is 8.13. The fourth-order valence-electron chi connectivity index (χ4n) is 1.60. The van der Waals surface area contributed by atoms with Gasteiger partial charge in [-0.05, 0) is 30.4 Å². The van der Waals surface area contributed by atoms with Gasteiger partial charge in [0, 0.05) is 26.2 Å². The molecule has 0 fully saturated rings. The van der Waals surface area contributed by atoms with Crippen molar-refractivity contribution in [2.24, 2.45) is 0 Å². The zero-order chi connectivity index (χ0) is 10.1. The van der Waals surface area contributed by atoms with Crippen LogP contribution in [0, 0.1) is 6.92 Å². The first-order valence-electron chi connectivity index (χ1n) is 4.37. The van der Waals surface area contributed by atoms with Crippen LogP contribution in [0.5, 0.6) is 0 Å². The van der Waals surface area contributed by atoms with Crippen molar-refractivity contribution in [2.75, 3.05) is 6.26 Å². The van der Waals surface area contributed by atoms with Crippen molar-refractivity contribution in [3.63, 3.8) is 0 Å². The molecule has 0 N–H and O–H groups in total. The molecule has 1 aromatic heterocycles. The molecule has 0 saturated heterocycles. The van der Waals surface area contributed by atoms with Crippen LogP contribution in [0.2, 0.25) is 0 Å². The number of benzene rings is 1. The van der Waals surface area contributed by atoms with Gasteiger partial charge in [0.2, 0.25) is 0 Å². The van der Waals surface area contributed by atoms with Gasteiger partial charge < -0.3 is 0 Å². The highest BCUT2D eigenvalue weighted by atomic mass is 35.5. The highest BCUT2D eigenvalue weighted by Crippen LogP contribution is 2.35. The molecule has 0 radical (unpaired) electrons. The lowest BCUT2D eigenvalue weighted by Gasteiger charge is -2.01. The molecule has 0 atom stereocenters. The zero-order valence-corrected chi connectivity index (χ0v) is 10.5. The van der Waals surface area contributed by atoms with Gasteiger partial charge in [0.05, 0.1) is 0 Å². The van der Waals surface area contributed by atoms with Crippen LogP contribution in [0.25, 0.3) is 10.1 Å². The summed E-state index contributed by atoms with van der Waals surface area (Å²) < 4.78 is 1.39. The average Bonchev–Trinajstić information content (AvgIpc) is 2.61. The average molecular weight is 243 g/mol. The maximum Gasteiger partial charge on any atom is 0.0474 e. The topological polar surface area (TPSA) is 0 Å². The largest absolute Gasteiger partial charge is 0.142 e.